The van der Waals surface area contributed by atoms with Gasteiger partial charge in [-0.2, -0.15) is 0 Å². The van der Waals surface area contributed by atoms with E-state index in [1.165, 1.54) is 12.8 Å². The fourth-order valence-corrected chi connectivity index (χ4v) is 0. The van der Waals surface area contributed by atoms with E-state index < -0.39 is 0 Å². The molecule has 0 unspecified atom stereocenters. The van der Waals surface area contributed by atoms with Gasteiger partial charge in [0.1, 0.15) is 0 Å². The van der Waals surface area contributed by atoms with E-state index >= 15 is 0 Å². The Morgan fingerprint density at radius 1 is 1.36 bits per heavy atom. The van der Waals surface area contributed by atoms with Gasteiger partial charge < -0.3 is 0 Å². The van der Waals surface area contributed by atoms with Crippen LogP contribution in [0, 0.1) is 6.65 Å². The Morgan fingerprint density at radius 3 is 1.45 bits per heavy atom. The molecule has 0 bridgehead atoms. The fourth-order valence-electron chi connectivity index (χ4n) is 0. The molecule has 0 aliphatic rings. The van der Waals surface area contributed by atoms with E-state index in [2.05, 4.69) is 33.7 Å². The van der Waals surface area contributed by atoms with Crippen molar-refractivity contribution in [3.8, 4) is 0 Å². The molecule has 0 aromatic rings. The van der Waals surface area contributed by atoms with Crippen LogP contribution in [0.4, 0.5) is 0 Å². The van der Waals surface area contributed by atoms with Gasteiger partial charge in [0.25, 0.3) is 0 Å². The van der Waals surface area contributed by atoms with Gasteiger partial charge in [0.05, 0.1) is 4.79 Å². The van der Waals surface area contributed by atoms with Crippen LogP contribution in [0.25, 0.3) is 0 Å². The van der Waals surface area contributed by atoms with Crippen molar-refractivity contribution in [3.05, 3.63) is 19.8 Å². The molecule has 3 nitrogen and oxygen atoms in total. The van der Waals surface area contributed by atoms with Gasteiger partial charge in [-0.1, -0.05) is 26.7 Å². The Hall–Kier alpha value is -1.14. The first-order chi connectivity index (χ1) is 5.33. The van der Waals surface area contributed by atoms with Gasteiger partial charge >= 0.3 is 17.8 Å². The molecule has 3 heteroatoms. The summed E-state index contributed by atoms with van der Waals surface area (Å²) in [5.41, 5.74) is 0. The summed E-state index contributed by atoms with van der Waals surface area (Å²) >= 11 is 0. The van der Waals surface area contributed by atoms with Crippen molar-refractivity contribution in [2.45, 2.75) is 26.7 Å². The molecule has 0 atom stereocenters. The third-order valence-corrected chi connectivity index (χ3v) is 0.500. The van der Waals surface area contributed by atoms with Crippen molar-refractivity contribution >= 4 is 6.47 Å². The molecule has 0 aliphatic carbocycles. The summed E-state index contributed by atoms with van der Waals surface area (Å²) in [6.45, 7) is 15.4. The molecule has 0 fully saturated rings. The molecule has 0 aromatic heterocycles. The predicted octanol–water partition coefficient (Wildman–Crippen LogP) is 2.18. The van der Waals surface area contributed by atoms with Gasteiger partial charge in [0.15, 0.2) is 0 Å². The molecule has 1 N–H and O–H groups in total. The molecule has 0 amide bonds. The summed E-state index contributed by atoms with van der Waals surface area (Å²) in [5.74, 6) is 0. The van der Waals surface area contributed by atoms with Gasteiger partial charge in [-0.25, -0.2) is 5.11 Å². The van der Waals surface area contributed by atoms with Gasteiger partial charge in [-0.05, 0) is 0 Å². The minimum atomic E-state index is 0.500. The molecule has 0 saturated carbocycles. The summed E-state index contributed by atoms with van der Waals surface area (Å²) in [7, 11) is 0. The Bertz CT molecular complexity index is 57.6. The van der Waals surface area contributed by atoms with E-state index in [-0.39, 0.29) is 0 Å². The molecular weight excluding hydrogens is 144 g/mol. The van der Waals surface area contributed by atoms with Crippen LogP contribution in [0.3, 0.4) is 0 Å². The minimum absolute atomic E-state index is 0.500. The molecule has 0 aromatic carbocycles. The summed E-state index contributed by atoms with van der Waals surface area (Å²) in [6.07, 6.45) is 2.64. The van der Waals surface area contributed by atoms with Crippen LogP contribution in [0.15, 0.2) is 13.2 Å². The Kier molecular flexibility index (Phi) is 324. The first-order valence-electron chi connectivity index (χ1n) is 3.05. The molecule has 0 spiro atoms. The van der Waals surface area contributed by atoms with Crippen LogP contribution in [-0.4, -0.2) is 11.6 Å². The molecule has 0 heterocycles. The number of aliphatic hydroxyl groups excluding tert-OH is 1. The summed E-state index contributed by atoms with van der Waals surface area (Å²) < 4.78 is 7.50. The van der Waals surface area contributed by atoms with Crippen LogP contribution in [0.1, 0.15) is 26.7 Å². The Morgan fingerprint density at radius 2 is 1.45 bits per heavy atom. The van der Waals surface area contributed by atoms with E-state index in [9.17, 15) is 0 Å². The van der Waals surface area contributed by atoms with E-state index in [0.717, 1.165) is 0 Å². The molecule has 0 aliphatic heterocycles. The second-order valence-electron chi connectivity index (χ2n) is 1.09. The average molecular weight is 159 g/mol. The van der Waals surface area contributed by atoms with Crippen LogP contribution in [0.5, 0.6) is 0 Å². The van der Waals surface area contributed by atoms with Gasteiger partial charge in [-0.15, -0.1) is 13.2 Å². The van der Waals surface area contributed by atoms with Crippen LogP contribution >= 0.6 is 0 Å². The standard InChI is InChI=1S/C4H10.C2H4.CHO2.CO/c1-3-4-2;1-2;2-1-3;1-2/h3-4H2,1-2H3;1-2H2;(H,2,3);/q;;+1;. The number of hydrogen-bond acceptors (Lipinski definition) is 1. The van der Waals surface area contributed by atoms with E-state index in [1.807, 2.05) is 0 Å². The molecular formula is C8H15O3+. The third kappa shape index (κ3) is 21300. The van der Waals surface area contributed by atoms with Crippen molar-refractivity contribution in [1.82, 2.24) is 0 Å². The van der Waals surface area contributed by atoms with Crippen molar-refractivity contribution in [3.63, 3.8) is 0 Å². The maximum atomic E-state index is 8.24. The van der Waals surface area contributed by atoms with E-state index in [4.69, 9.17) is 14.6 Å². The first kappa shape index (κ1) is 22.5. The zero-order chi connectivity index (χ0) is 10.1. The van der Waals surface area contributed by atoms with Crippen molar-refractivity contribution in [2.75, 3.05) is 0 Å². The van der Waals surface area contributed by atoms with E-state index in [1.54, 1.807) is 0 Å². The van der Waals surface area contributed by atoms with Crippen molar-refractivity contribution in [1.29, 1.82) is 0 Å². The van der Waals surface area contributed by atoms with Crippen molar-refractivity contribution < 1.29 is 14.6 Å². The monoisotopic (exact) mass is 159 g/mol. The predicted molar refractivity (Wildman–Crippen MR) is 44.1 cm³/mol. The molecule has 0 radical (unpaired) electrons. The van der Waals surface area contributed by atoms with Gasteiger partial charge in [-0.3, -0.25) is 0 Å². The Labute approximate surface area is 68.5 Å². The second-order valence-corrected chi connectivity index (χ2v) is 1.09. The summed E-state index contributed by atoms with van der Waals surface area (Å²) in [4.78, 5) is 8.24. The third-order valence-electron chi connectivity index (χ3n) is 0.500. The molecule has 0 saturated heterocycles. The van der Waals surface area contributed by atoms with Crippen LogP contribution in [-0.2, 0) is 9.45 Å². The Balaban J connectivity index is -0.0000000315. The summed E-state index contributed by atoms with van der Waals surface area (Å²) in [6, 6.07) is 0. The topological polar surface area (TPSA) is 57.2 Å². The maximum absolute atomic E-state index is 8.24. The number of unbranched alkanes of at least 4 members (excludes halogenated alkanes) is 1. The quantitative estimate of drug-likeness (QED) is 0.362. The normalized spacial score (nSPS) is 4.00. The SMILES string of the molecule is C=C.CCCC.O=[C+]O.[C-]#[O+]. The molecule has 64 valence electrons. The van der Waals surface area contributed by atoms with Gasteiger partial charge in [0.2, 0.25) is 0 Å². The fraction of sp³-hybridized carbons (Fsp3) is 0.500. The zero-order valence-corrected chi connectivity index (χ0v) is 7.09. The van der Waals surface area contributed by atoms with Crippen molar-refractivity contribution in [2.24, 2.45) is 0 Å². The van der Waals surface area contributed by atoms with E-state index in [0.29, 0.717) is 6.47 Å². The second kappa shape index (κ2) is 158. The van der Waals surface area contributed by atoms with Crippen LogP contribution in [0.2, 0.25) is 0 Å². The first-order valence-corrected chi connectivity index (χ1v) is 3.05. The number of hydrogen-bond donors (Lipinski definition) is 1. The zero-order valence-electron chi connectivity index (χ0n) is 7.09. The average Bonchev–Trinajstić information content (AvgIpc) is 2.12. The molecule has 11 heavy (non-hydrogen) atoms. The number of rotatable bonds is 1. The van der Waals surface area contributed by atoms with Crippen LogP contribution < -0.4 is 0 Å². The summed E-state index contributed by atoms with van der Waals surface area (Å²) in [5, 5.41) is 6.76. The molecule has 0 rings (SSSR count). The van der Waals surface area contributed by atoms with Gasteiger partial charge in [0, 0.05) is 0 Å².